The molecule has 2 rings (SSSR count). The number of aliphatic hydroxyl groups is 1. The summed E-state index contributed by atoms with van der Waals surface area (Å²) in [4.78, 5) is 0. The molecule has 0 amide bonds. The van der Waals surface area contributed by atoms with Crippen molar-refractivity contribution in [2.75, 3.05) is 6.61 Å². The number of hydrogen-bond donors (Lipinski definition) is 2. The maximum absolute atomic E-state index is 8.91. The highest BCUT2D eigenvalue weighted by Crippen LogP contribution is 2.33. The van der Waals surface area contributed by atoms with Gasteiger partial charge in [0.15, 0.2) is 0 Å². The fourth-order valence-corrected chi connectivity index (χ4v) is 2.71. The molecule has 1 fully saturated rings. The quantitative estimate of drug-likeness (QED) is 0.807. The summed E-state index contributed by atoms with van der Waals surface area (Å²) in [6, 6.07) is 0. The molecule has 0 aromatic carbocycles. The normalized spacial score (nSPS) is 17.5. The lowest BCUT2D eigenvalue weighted by Crippen LogP contribution is -2.15. The first kappa shape index (κ1) is 12.5. The van der Waals surface area contributed by atoms with Crippen LogP contribution in [0.5, 0.6) is 0 Å². The van der Waals surface area contributed by atoms with Crippen molar-refractivity contribution in [1.82, 2.24) is 15.0 Å². The predicted octanol–water partition coefficient (Wildman–Crippen LogP) is 1.17. The summed E-state index contributed by atoms with van der Waals surface area (Å²) in [6.45, 7) is 1.40. The van der Waals surface area contributed by atoms with Crippen molar-refractivity contribution in [1.29, 1.82) is 0 Å². The largest absolute Gasteiger partial charge is 0.396 e. The van der Waals surface area contributed by atoms with E-state index in [9.17, 15) is 0 Å². The first-order chi connectivity index (χ1) is 8.36. The molecule has 0 saturated heterocycles. The number of aryl methyl sites for hydroxylation is 1. The van der Waals surface area contributed by atoms with Crippen LogP contribution in [0.3, 0.4) is 0 Å². The Morgan fingerprint density at radius 1 is 1.29 bits per heavy atom. The van der Waals surface area contributed by atoms with Gasteiger partial charge in [0.25, 0.3) is 0 Å². The molecule has 1 heterocycles. The molecule has 0 bridgehead atoms. The summed E-state index contributed by atoms with van der Waals surface area (Å²) in [7, 11) is 0. The van der Waals surface area contributed by atoms with Crippen molar-refractivity contribution in [3.05, 3.63) is 11.4 Å². The Morgan fingerprint density at radius 3 is 2.71 bits per heavy atom. The molecular weight excluding hydrogens is 216 g/mol. The van der Waals surface area contributed by atoms with E-state index in [4.69, 9.17) is 10.8 Å². The zero-order valence-electron chi connectivity index (χ0n) is 10.3. The summed E-state index contributed by atoms with van der Waals surface area (Å²) in [5.41, 5.74) is 7.90. The molecule has 5 nitrogen and oxygen atoms in total. The Balaban J connectivity index is 2.17. The van der Waals surface area contributed by atoms with E-state index in [0.717, 1.165) is 18.7 Å². The Labute approximate surface area is 102 Å². The van der Waals surface area contributed by atoms with E-state index in [1.807, 2.05) is 4.68 Å². The van der Waals surface area contributed by atoms with Crippen LogP contribution in [0, 0.1) is 0 Å². The second-order valence-electron chi connectivity index (χ2n) is 4.76. The summed E-state index contributed by atoms with van der Waals surface area (Å²) in [5.74, 6) is 0.566. The maximum atomic E-state index is 8.91. The molecule has 96 valence electrons. The molecule has 1 aromatic rings. The minimum absolute atomic E-state index is 0.196. The fourth-order valence-electron chi connectivity index (χ4n) is 2.71. The van der Waals surface area contributed by atoms with Gasteiger partial charge in [-0.2, -0.15) is 0 Å². The second kappa shape index (κ2) is 6.12. The van der Waals surface area contributed by atoms with Gasteiger partial charge in [-0.25, -0.2) is 4.68 Å². The van der Waals surface area contributed by atoms with Crippen LogP contribution in [0.25, 0.3) is 0 Å². The van der Waals surface area contributed by atoms with Crippen molar-refractivity contribution in [3.8, 4) is 0 Å². The topological polar surface area (TPSA) is 77.0 Å². The highest BCUT2D eigenvalue weighted by atomic mass is 16.3. The van der Waals surface area contributed by atoms with Gasteiger partial charge in [-0.3, -0.25) is 0 Å². The Hall–Kier alpha value is -0.940. The third kappa shape index (κ3) is 2.84. The first-order valence-corrected chi connectivity index (χ1v) is 6.60. The minimum Gasteiger partial charge on any atom is -0.396 e. The fraction of sp³-hybridized carbons (Fsp3) is 0.833. The van der Waals surface area contributed by atoms with Crippen LogP contribution >= 0.6 is 0 Å². The minimum atomic E-state index is 0.196. The number of aliphatic hydroxyl groups excluding tert-OH is 1. The third-order valence-electron chi connectivity index (χ3n) is 3.56. The Morgan fingerprint density at radius 2 is 2.06 bits per heavy atom. The zero-order valence-corrected chi connectivity index (χ0v) is 10.3. The van der Waals surface area contributed by atoms with E-state index in [1.165, 1.54) is 37.8 Å². The molecule has 0 spiro atoms. The molecular formula is C12H22N4O. The van der Waals surface area contributed by atoms with E-state index in [-0.39, 0.29) is 6.61 Å². The molecule has 1 aliphatic carbocycles. The zero-order chi connectivity index (χ0) is 12.1. The van der Waals surface area contributed by atoms with Crippen LogP contribution < -0.4 is 5.73 Å². The Bertz CT molecular complexity index is 344. The third-order valence-corrected chi connectivity index (χ3v) is 3.56. The summed E-state index contributed by atoms with van der Waals surface area (Å²) in [6.07, 6.45) is 7.10. The van der Waals surface area contributed by atoms with Crippen molar-refractivity contribution in [3.63, 3.8) is 0 Å². The summed E-state index contributed by atoms with van der Waals surface area (Å²) in [5, 5.41) is 17.3. The average molecular weight is 238 g/mol. The highest BCUT2D eigenvalue weighted by Gasteiger charge is 2.23. The average Bonchev–Trinajstić information content (AvgIpc) is 2.80. The van der Waals surface area contributed by atoms with Crippen molar-refractivity contribution < 1.29 is 5.11 Å². The molecule has 0 aliphatic heterocycles. The Kier molecular flexibility index (Phi) is 4.50. The number of aromatic nitrogens is 3. The standard InChI is InChI=1S/C12H22N4O/c13-9-11-12(10-5-2-1-3-6-10)16(15-14-11)7-4-8-17/h10,17H,1-9,13H2. The van der Waals surface area contributed by atoms with Gasteiger partial charge < -0.3 is 10.8 Å². The van der Waals surface area contributed by atoms with Crippen LogP contribution in [0.4, 0.5) is 0 Å². The number of rotatable bonds is 5. The van der Waals surface area contributed by atoms with Crippen LogP contribution in [0.2, 0.25) is 0 Å². The van der Waals surface area contributed by atoms with Crippen molar-refractivity contribution in [2.24, 2.45) is 5.73 Å². The van der Waals surface area contributed by atoms with Gasteiger partial charge in [0.2, 0.25) is 0 Å². The highest BCUT2D eigenvalue weighted by molar-refractivity contribution is 5.16. The molecule has 5 heteroatoms. The number of nitrogens with two attached hydrogens (primary N) is 1. The van der Waals surface area contributed by atoms with E-state index >= 15 is 0 Å². The van der Waals surface area contributed by atoms with Gasteiger partial charge in [0.1, 0.15) is 0 Å². The molecule has 17 heavy (non-hydrogen) atoms. The first-order valence-electron chi connectivity index (χ1n) is 6.60. The van der Waals surface area contributed by atoms with Crippen molar-refractivity contribution in [2.45, 2.75) is 57.5 Å². The molecule has 3 N–H and O–H groups in total. The molecule has 1 saturated carbocycles. The van der Waals surface area contributed by atoms with Crippen molar-refractivity contribution >= 4 is 0 Å². The smallest absolute Gasteiger partial charge is 0.0997 e. The van der Waals surface area contributed by atoms with Gasteiger partial charge >= 0.3 is 0 Å². The van der Waals surface area contributed by atoms with E-state index in [0.29, 0.717) is 12.5 Å². The van der Waals surface area contributed by atoms with Gasteiger partial charge in [-0.05, 0) is 19.3 Å². The van der Waals surface area contributed by atoms with E-state index < -0.39 is 0 Å². The number of hydrogen-bond acceptors (Lipinski definition) is 4. The van der Waals surface area contributed by atoms with Gasteiger partial charge in [0.05, 0.1) is 11.4 Å². The lowest BCUT2D eigenvalue weighted by Gasteiger charge is -2.23. The SMILES string of the molecule is NCc1nnn(CCCO)c1C1CCCCC1. The monoisotopic (exact) mass is 238 g/mol. The molecule has 0 unspecified atom stereocenters. The van der Waals surface area contributed by atoms with E-state index in [1.54, 1.807) is 0 Å². The second-order valence-corrected chi connectivity index (χ2v) is 4.76. The lowest BCUT2D eigenvalue weighted by molar-refractivity contribution is 0.273. The van der Waals surface area contributed by atoms with E-state index in [2.05, 4.69) is 10.3 Å². The van der Waals surface area contributed by atoms with Gasteiger partial charge in [0, 0.05) is 25.6 Å². The van der Waals surface area contributed by atoms with Crippen LogP contribution in [0.15, 0.2) is 0 Å². The lowest BCUT2D eigenvalue weighted by atomic mass is 9.86. The van der Waals surface area contributed by atoms with Crippen LogP contribution in [0.1, 0.15) is 55.8 Å². The van der Waals surface area contributed by atoms with Gasteiger partial charge in [-0.1, -0.05) is 24.5 Å². The number of nitrogens with zero attached hydrogens (tertiary/aromatic N) is 3. The molecule has 0 radical (unpaired) electrons. The van der Waals surface area contributed by atoms with Crippen LogP contribution in [-0.4, -0.2) is 26.7 Å². The maximum Gasteiger partial charge on any atom is 0.0997 e. The molecule has 0 atom stereocenters. The van der Waals surface area contributed by atoms with Gasteiger partial charge in [-0.15, -0.1) is 5.10 Å². The summed E-state index contributed by atoms with van der Waals surface area (Å²) < 4.78 is 1.95. The predicted molar refractivity (Wildman–Crippen MR) is 65.4 cm³/mol. The molecule has 1 aromatic heterocycles. The van der Waals surface area contributed by atoms with Crippen LogP contribution in [-0.2, 0) is 13.1 Å². The molecule has 1 aliphatic rings. The summed E-state index contributed by atoms with van der Waals surface area (Å²) >= 11 is 0.